The highest BCUT2D eigenvalue weighted by Gasteiger charge is 2.13. The van der Waals surface area contributed by atoms with Gasteiger partial charge < -0.3 is 4.74 Å². The maximum Gasteiger partial charge on any atom is 0.342 e. The molecule has 0 aromatic heterocycles. The smallest absolute Gasteiger partial charge is 0.342 e. The van der Waals surface area contributed by atoms with E-state index in [1.54, 1.807) is 0 Å². The van der Waals surface area contributed by atoms with E-state index in [4.69, 9.17) is 10.8 Å². The van der Waals surface area contributed by atoms with Crippen LogP contribution in [0.5, 0.6) is 0 Å². The topological polar surface area (TPSA) is 108 Å². The number of hydrogen-bond donors (Lipinski definition) is 2. The second kappa shape index (κ2) is 3.33. The number of benzene rings is 1. The lowest BCUT2D eigenvalue weighted by Gasteiger charge is -1.95. The van der Waals surface area contributed by atoms with Gasteiger partial charge in [0.15, 0.2) is 0 Å². The largest absolute Gasteiger partial charge is 0.465 e. The van der Waals surface area contributed by atoms with Crippen molar-refractivity contribution in [3.05, 3.63) is 42.8 Å². The molecule has 6 nitrogen and oxygen atoms in total. The van der Waals surface area contributed by atoms with Gasteiger partial charge in [0, 0.05) is 6.07 Å². The molecule has 0 saturated carbocycles. The number of carbonyl (C=O) groups is 1. The van der Waals surface area contributed by atoms with Crippen LogP contribution in [0, 0.1) is 10.8 Å². The van der Waals surface area contributed by atoms with Gasteiger partial charge in [-0.05, 0) is 0 Å². The highest BCUT2D eigenvalue weighted by molar-refractivity contribution is 5.88. The van der Waals surface area contributed by atoms with E-state index < -0.39 is 33.1 Å². The van der Waals surface area contributed by atoms with Gasteiger partial charge in [-0.25, -0.2) is 4.79 Å². The van der Waals surface area contributed by atoms with Gasteiger partial charge in [-0.2, -0.15) is 0 Å². The van der Waals surface area contributed by atoms with Gasteiger partial charge in [0.05, 0.1) is 7.11 Å². The van der Waals surface area contributed by atoms with Crippen molar-refractivity contribution in [3.8, 4) is 0 Å². The van der Waals surface area contributed by atoms with E-state index in [-0.39, 0.29) is 0 Å². The van der Waals surface area contributed by atoms with Gasteiger partial charge in [-0.3, -0.25) is 20.4 Å². The fourth-order valence-electron chi connectivity index (χ4n) is 0.902. The number of esters is 1. The van der Waals surface area contributed by atoms with Crippen molar-refractivity contribution in [2.75, 3.05) is 7.11 Å². The van der Waals surface area contributed by atoms with Crippen molar-refractivity contribution in [1.29, 1.82) is 10.8 Å². The van der Waals surface area contributed by atoms with Crippen LogP contribution in [0.25, 0.3) is 0 Å². The van der Waals surface area contributed by atoms with Gasteiger partial charge in [0.2, 0.25) is 10.9 Å². The number of carbonyl (C=O) groups excluding carboxylic acids is 1. The van der Waals surface area contributed by atoms with Gasteiger partial charge in [0.25, 0.3) is 0 Å². The van der Waals surface area contributed by atoms with Crippen molar-refractivity contribution in [3.63, 3.8) is 0 Å². The predicted octanol–water partition coefficient (Wildman–Crippen LogP) is -1.97. The summed E-state index contributed by atoms with van der Waals surface area (Å²) in [5.74, 6) is -0.972. The lowest BCUT2D eigenvalue weighted by Crippen LogP contribution is -2.48. The Hall–Kier alpha value is -2.11. The summed E-state index contributed by atoms with van der Waals surface area (Å²) in [7, 11) is 1.06. The minimum atomic E-state index is -0.972. The molecular weight excluding hydrogens is 188 g/mol. The van der Waals surface area contributed by atoms with Crippen LogP contribution in [-0.4, -0.2) is 13.1 Å². The van der Waals surface area contributed by atoms with Gasteiger partial charge in [-0.15, -0.1) is 0 Å². The summed E-state index contributed by atoms with van der Waals surface area (Å²) < 4.78 is 4.24. The van der Waals surface area contributed by atoms with Crippen LogP contribution < -0.4 is 21.6 Å². The zero-order chi connectivity index (χ0) is 10.9. The maximum atomic E-state index is 11.2. The molecule has 1 rings (SSSR count). The summed E-state index contributed by atoms with van der Waals surface area (Å²) >= 11 is 0. The van der Waals surface area contributed by atoms with Gasteiger partial charge in [-0.1, -0.05) is 0 Å². The fraction of sp³-hybridized carbons (Fsp3) is 0.125. The highest BCUT2D eigenvalue weighted by Crippen LogP contribution is 1.85. The average molecular weight is 194 g/mol. The molecular formula is C8H6N2O4. The Kier molecular flexibility index (Phi) is 2.37. The van der Waals surface area contributed by atoms with Gasteiger partial charge in [0.1, 0.15) is 16.3 Å². The lowest BCUT2D eigenvalue weighted by atomic mass is 10.2. The van der Waals surface area contributed by atoms with E-state index in [1.165, 1.54) is 0 Å². The van der Waals surface area contributed by atoms with Crippen LogP contribution in [-0.2, 0) is 4.74 Å². The molecule has 72 valence electrons. The molecule has 0 atom stereocenters. The molecule has 0 aliphatic carbocycles. The Labute approximate surface area is 77.1 Å². The minimum absolute atomic E-state index is 0.501. The summed E-state index contributed by atoms with van der Waals surface area (Å²) in [6.07, 6.45) is 0. The monoisotopic (exact) mass is 194 g/mol. The Morgan fingerprint density at radius 3 is 2.36 bits per heavy atom. The molecule has 2 N–H and O–H groups in total. The number of methoxy groups -OCH3 is 1. The molecule has 1 aromatic rings. The van der Waals surface area contributed by atoms with Crippen LogP contribution in [0.4, 0.5) is 0 Å². The average Bonchev–Trinajstić information content (AvgIpc) is 2.19. The quantitative estimate of drug-likeness (QED) is 0.505. The normalized spacial score (nSPS) is 9.79. The molecule has 0 aliphatic rings. The van der Waals surface area contributed by atoms with Crippen LogP contribution in [0.1, 0.15) is 10.4 Å². The van der Waals surface area contributed by atoms with Crippen LogP contribution in [0.15, 0.2) is 15.7 Å². The van der Waals surface area contributed by atoms with E-state index in [1.807, 2.05) is 0 Å². The van der Waals surface area contributed by atoms with Crippen molar-refractivity contribution >= 4 is 5.97 Å². The minimum Gasteiger partial charge on any atom is -0.465 e. The van der Waals surface area contributed by atoms with E-state index >= 15 is 0 Å². The van der Waals surface area contributed by atoms with Crippen molar-refractivity contribution < 1.29 is 9.53 Å². The van der Waals surface area contributed by atoms with E-state index in [9.17, 15) is 14.4 Å². The fourth-order valence-corrected chi connectivity index (χ4v) is 0.902. The lowest BCUT2D eigenvalue weighted by molar-refractivity contribution is 0.0599. The third-order valence-corrected chi connectivity index (χ3v) is 1.65. The Morgan fingerprint density at radius 1 is 1.29 bits per heavy atom. The van der Waals surface area contributed by atoms with Crippen LogP contribution >= 0.6 is 0 Å². The summed E-state index contributed by atoms with van der Waals surface area (Å²) in [5.41, 5.74) is -2.30. The van der Waals surface area contributed by atoms with Crippen molar-refractivity contribution in [2.45, 2.75) is 0 Å². The Morgan fingerprint density at radius 2 is 1.86 bits per heavy atom. The van der Waals surface area contributed by atoms with E-state index in [0.29, 0.717) is 6.07 Å². The van der Waals surface area contributed by atoms with Gasteiger partial charge >= 0.3 is 5.97 Å². The summed E-state index contributed by atoms with van der Waals surface area (Å²) in [6.45, 7) is 0. The van der Waals surface area contributed by atoms with Crippen molar-refractivity contribution in [2.24, 2.45) is 0 Å². The molecule has 0 bridgehead atoms. The molecule has 0 heterocycles. The number of rotatable bonds is 1. The first-order valence-electron chi connectivity index (χ1n) is 3.55. The second-order valence-electron chi connectivity index (χ2n) is 2.49. The molecule has 0 fully saturated rings. The maximum absolute atomic E-state index is 11.2. The Balaban J connectivity index is 3.76. The molecule has 0 spiro atoms. The molecule has 0 amide bonds. The first-order valence-corrected chi connectivity index (χ1v) is 3.55. The van der Waals surface area contributed by atoms with Crippen molar-refractivity contribution in [1.82, 2.24) is 0 Å². The molecule has 1 aromatic carbocycles. The van der Waals surface area contributed by atoms with Crippen LogP contribution in [0.2, 0.25) is 0 Å². The Bertz CT molecular complexity index is 581. The third kappa shape index (κ3) is 1.37. The second-order valence-corrected chi connectivity index (χ2v) is 2.49. The number of ether oxygens (including phenoxy) is 1. The molecule has 0 saturated heterocycles. The SMILES string of the molecule is COC(=O)c1cc(=O)c(=N)c(=N)c1=O. The van der Waals surface area contributed by atoms with Crippen LogP contribution in [0.3, 0.4) is 0 Å². The summed E-state index contributed by atoms with van der Waals surface area (Å²) in [5, 5.41) is 12.6. The van der Waals surface area contributed by atoms with E-state index in [0.717, 1.165) is 7.11 Å². The highest BCUT2D eigenvalue weighted by atomic mass is 16.5. The molecule has 6 heteroatoms. The zero-order valence-electron chi connectivity index (χ0n) is 7.21. The molecule has 0 radical (unpaired) electrons. The molecule has 0 unspecified atom stereocenters. The summed E-state index contributed by atoms with van der Waals surface area (Å²) in [4.78, 5) is 33.1. The molecule has 0 aliphatic heterocycles. The predicted molar refractivity (Wildman–Crippen MR) is 44.4 cm³/mol. The first-order chi connectivity index (χ1) is 6.49. The molecule has 14 heavy (non-hydrogen) atoms. The number of hydrogen-bond acceptors (Lipinski definition) is 6. The zero-order valence-corrected chi connectivity index (χ0v) is 7.21. The third-order valence-electron chi connectivity index (χ3n) is 1.65. The van der Waals surface area contributed by atoms with E-state index in [2.05, 4.69) is 4.74 Å². The summed E-state index contributed by atoms with van der Waals surface area (Å²) in [6, 6.07) is 0.717. The number of nitrogens with one attached hydrogen (secondary N) is 2. The first kappa shape index (κ1) is 9.97. The standard InChI is InChI=1S/C8H6N2O4/c1-14-8(13)3-2-4(11)5(9)6(10)7(3)12/h2,9-10H,1H3.